The number of hydrogen-bond acceptors (Lipinski definition) is 3. The number of carbonyl (C=O) groups excluding carboxylic acids is 1. The first kappa shape index (κ1) is 11.8. The van der Waals surface area contributed by atoms with E-state index in [2.05, 4.69) is 0 Å². The molecule has 15 heavy (non-hydrogen) atoms. The van der Waals surface area contributed by atoms with Crippen LogP contribution in [0.5, 0.6) is 0 Å². The maximum Gasteiger partial charge on any atom is 0.326 e. The average molecular weight is 216 g/mol. The fourth-order valence-electron chi connectivity index (χ4n) is 1.61. The Kier molecular flexibility index (Phi) is 3.52. The summed E-state index contributed by atoms with van der Waals surface area (Å²) in [7, 11) is 1.60. The third kappa shape index (κ3) is 2.38. The van der Waals surface area contributed by atoms with Crippen LogP contribution < -0.4 is 0 Å². The summed E-state index contributed by atoms with van der Waals surface area (Å²) in [6.07, 6.45) is -0.626. The Hall–Kier alpha value is -1.30. The van der Waals surface area contributed by atoms with Gasteiger partial charge in [-0.25, -0.2) is 9.59 Å². The summed E-state index contributed by atoms with van der Waals surface area (Å²) < 4.78 is 0. The summed E-state index contributed by atoms with van der Waals surface area (Å²) in [5, 5.41) is 18.2. The summed E-state index contributed by atoms with van der Waals surface area (Å²) >= 11 is 0. The highest BCUT2D eigenvalue weighted by Gasteiger charge is 2.39. The molecule has 0 aromatic rings. The van der Waals surface area contributed by atoms with E-state index >= 15 is 0 Å². The van der Waals surface area contributed by atoms with Crippen molar-refractivity contribution in [3.05, 3.63) is 0 Å². The molecule has 1 heterocycles. The van der Waals surface area contributed by atoms with E-state index in [9.17, 15) is 14.7 Å². The van der Waals surface area contributed by atoms with Crippen LogP contribution in [0.2, 0.25) is 0 Å². The van der Waals surface area contributed by atoms with Gasteiger partial charge in [0.1, 0.15) is 6.04 Å². The Morgan fingerprint density at radius 3 is 2.60 bits per heavy atom. The molecular weight excluding hydrogens is 200 g/mol. The van der Waals surface area contributed by atoms with Crippen molar-refractivity contribution in [2.75, 3.05) is 20.1 Å². The minimum absolute atomic E-state index is 0.0974. The van der Waals surface area contributed by atoms with Crippen molar-refractivity contribution in [3.63, 3.8) is 0 Å². The second-order valence-corrected chi connectivity index (χ2v) is 3.69. The van der Waals surface area contributed by atoms with E-state index in [1.807, 2.05) is 0 Å². The lowest BCUT2D eigenvalue weighted by molar-refractivity contribution is -0.141. The molecule has 1 aliphatic heterocycles. The second-order valence-electron chi connectivity index (χ2n) is 3.69. The van der Waals surface area contributed by atoms with E-state index in [1.54, 1.807) is 14.0 Å². The van der Waals surface area contributed by atoms with Crippen LogP contribution in [0.4, 0.5) is 4.79 Å². The van der Waals surface area contributed by atoms with E-state index in [0.29, 0.717) is 6.54 Å². The number of likely N-dealkylation sites (tertiary alicyclic amines) is 1. The zero-order valence-electron chi connectivity index (χ0n) is 8.88. The molecule has 86 valence electrons. The smallest absolute Gasteiger partial charge is 0.326 e. The first-order chi connectivity index (χ1) is 6.97. The molecule has 0 aliphatic carbocycles. The number of aliphatic carboxylic acids is 1. The number of carboxylic acids is 1. The third-order valence-electron chi connectivity index (χ3n) is 2.61. The Balaban J connectivity index is 2.75. The maximum absolute atomic E-state index is 11.7. The molecule has 6 nitrogen and oxygen atoms in total. The fraction of sp³-hybridized carbons (Fsp3) is 0.778. The zero-order valence-corrected chi connectivity index (χ0v) is 8.88. The molecule has 0 saturated carbocycles. The van der Waals surface area contributed by atoms with Crippen molar-refractivity contribution in [2.24, 2.45) is 0 Å². The van der Waals surface area contributed by atoms with Crippen LogP contribution in [0.25, 0.3) is 0 Å². The molecule has 0 aromatic carbocycles. The van der Waals surface area contributed by atoms with Crippen molar-refractivity contribution < 1.29 is 19.8 Å². The molecule has 0 aromatic heterocycles. The van der Waals surface area contributed by atoms with E-state index in [-0.39, 0.29) is 19.0 Å². The van der Waals surface area contributed by atoms with Gasteiger partial charge < -0.3 is 20.0 Å². The number of urea groups is 1. The molecule has 1 rings (SSSR count). The van der Waals surface area contributed by atoms with Gasteiger partial charge in [-0.05, 0) is 6.92 Å². The topological polar surface area (TPSA) is 81.1 Å². The van der Waals surface area contributed by atoms with Gasteiger partial charge in [0.05, 0.1) is 6.10 Å². The number of aliphatic hydroxyl groups excluding tert-OH is 1. The summed E-state index contributed by atoms with van der Waals surface area (Å²) in [6.45, 7) is 2.41. The Morgan fingerprint density at radius 1 is 1.53 bits per heavy atom. The van der Waals surface area contributed by atoms with Crippen molar-refractivity contribution in [1.29, 1.82) is 0 Å². The number of hydrogen-bond donors (Lipinski definition) is 2. The monoisotopic (exact) mass is 216 g/mol. The molecule has 0 radical (unpaired) electrons. The van der Waals surface area contributed by atoms with Gasteiger partial charge in [0.2, 0.25) is 0 Å². The second kappa shape index (κ2) is 4.48. The first-order valence-corrected chi connectivity index (χ1v) is 4.90. The highest BCUT2D eigenvalue weighted by Crippen LogP contribution is 2.19. The van der Waals surface area contributed by atoms with E-state index < -0.39 is 18.1 Å². The van der Waals surface area contributed by atoms with Crippen LogP contribution in [0.3, 0.4) is 0 Å². The number of carboxylic acid groups (broad SMARTS) is 1. The third-order valence-corrected chi connectivity index (χ3v) is 2.61. The lowest BCUT2D eigenvalue weighted by Gasteiger charge is -2.26. The summed E-state index contributed by atoms with van der Waals surface area (Å²) in [4.78, 5) is 25.2. The number of amides is 2. The Labute approximate surface area is 88.1 Å². The summed E-state index contributed by atoms with van der Waals surface area (Å²) in [5.74, 6) is -1.07. The van der Waals surface area contributed by atoms with Crippen LogP contribution in [0, 0.1) is 0 Å². The molecule has 1 fully saturated rings. The normalized spacial score (nSPS) is 25.4. The number of rotatable bonds is 2. The summed E-state index contributed by atoms with van der Waals surface area (Å²) in [5.41, 5.74) is 0. The van der Waals surface area contributed by atoms with Crippen molar-refractivity contribution >= 4 is 12.0 Å². The van der Waals surface area contributed by atoms with Gasteiger partial charge in [0.15, 0.2) is 0 Å². The molecular formula is C9H16N2O4. The summed E-state index contributed by atoms with van der Waals surface area (Å²) in [6, 6.07) is -1.25. The zero-order chi connectivity index (χ0) is 11.6. The molecule has 1 saturated heterocycles. The molecule has 2 N–H and O–H groups in total. The van der Waals surface area contributed by atoms with E-state index in [4.69, 9.17) is 5.11 Å². The minimum Gasteiger partial charge on any atom is -0.480 e. The van der Waals surface area contributed by atoms with Crippen molar-refractivity contribution in [1.82, 2.24) is 9.80 Å². The number of nitrogens with zero attached hydrogens (tertiary/aromatic N) is 2. The molecule has 0 spiro atoms. The molecule has 6 heteroatoms. The van der Waals surface area contributed by atoms with Crippen molar-refractivity contribution in [2.45, 2.75) is 25.5 Å². The number of β-amino-alcohol motifs (C(OH)–C–C–N with tert-alkyl or cyclic N) is 1. The highest BCUT2D eigenvalue weighted by atomic mass is 16.4. The van der Waals surface area contributed by atoms with Crippen molar-refractivity contribution in [3.8, 4) is 0 Å². The largest absolute Gasteiger partial charge is 0.480 e. The highest BCUT2D eigenvalue weighted by molar-refractivity contribution is 5.83. The van der Waals surface area contributed by atoms with Crippen LogP contribution in [0.1, 0.15) is 13.3 Å². The van der Waals surface area contributed by atoms with Gasteiger partial charge in [0, 0.05) is 26.6 Å². The number of aliphatic hydroxyl groups is 1. The molecule has 2 unspecified atom stereocenters. The SMILES string of the molecule is CCN(C)C(=O)N1CC(O)CC1C(=O)O. The lowest BCUT2D eigenvalue weighted by atomic mass is 10.2. The van der Waals surface area contributed by atoms with E-state index in [1.165, 1.54) is 9.80 Å². The predicted octanol–water partition coefficient (Wildman–Crippen LogP) is -0.422. The number of carbonyl (C=O) groups is 2. The van der Waals surface area contributed by atoms with Crippen LogP contribution in [-0.4, -0.2) is 64.3 Å². The quantitative estimate of drug-likeness (QED) is 0.656. The lowest BCUT2D eigenvalue weighted by Crippen LogP contribution is -2.46. The average Bonchev–Trinajstić information content (AvgIpc) is 2.58. The van der Waals surface area contributed by atoms with Gasteiger partial charge in [-0.15, -0.1) is 0 Å². The Bertz CT molecular complexity index is 269. The maximum atomic E-state index is 11.7. The minimum atomic E-state index is -1.07. The van der Waals surface area contributed by atoms with Crippen LogP contribution in [-0.2, 0) is 4.79 Å². The predicted molar refractivity (Wildman–Crippen MR) is 52.5 cm³/mol. The van der Waals surface area contributed by atoms with Gasteiger partial charge >= 0.3 is 12.0 Å². The van der Waals surface area contributed by atoms with E-state index in [0.717, 1.165) is 0 Å². The van der Waals surface area contributed by atoms with Gasteiger partial charge in [0.25, 0.3) is 0 Å². The standard InChI is InChI=1S/C9H16N2O4/c1-3-10(2)9(15)11-5-6(12)4-7(11)8(13)14/h6-7,12H,3-5H2,1-2H3,(H,13,14). The fourth-order valence-corrected chi connectivity index (χ4v) is 1.61. The molecule has 2 atom stereocenters. The molecule has 1 aliphatic rings. The van der Waals surface area contributed by atoms with Crippen LogP contribution >= 0.6 is 0 Å². The molecule has 2 amide bonds. The first-order valence-electron chi connectivity index (χ1n) is 4.90. The molecule has 0 bridgehead atoms. The van der Waals surface area contributed by atoms with Gasteiger partial charge in [-0.1, -0.05) is 0 Å². The van der Waals surface area contributed by atoms with Crippen LogP contribution in [0.15, 0.2) is 0 Å². The Morgan fingerprint density at radius 2 is 2.13 bits per heavy atom. The van der Waals surface area contributed by atoms with Gasteiger partial charge in [-0.2, -0.15) is 0 Å². The van der Waals surface area contributed by atoms with Gasteiger partial charge in [-0.3, -0.25) is 0 Å².